The number of aliphatic imine (C=N–C) groups is 1. The molecule has 7 nitrogen and oxygen atoms in total. The number of thiazole rings is 1. The Labute approximate surface area is 165 Å². The quantitative estimate of drug-likeness (QED) is 0.606. The van der Waals surface area contributed by atoms with Gasteiger partial charge in [-0.15, -0.1) is 11.3 Å². The first-order chi connectivity index (χ1) is 12.9. The van der Waals surface area contributed by atoms with Gasteiger partial charge in [-0.1, -0.05) is 27.7 Å². The monoisotopic (exact) mass is 389 g/mol. The predicted molar refractivity (Wildman–Crippen MR) is 111 cm³/mol. The second kappa shape index (κ2) is 8.37. The van der Waals surface area contributed by atoms with Gasteiger partial charge in [0.05, 0.1) is 17.2 Å². The van der Waals surface area contributed by atoms with Crippen LogP contribution in [0.25, 0.3) is 0 Å². The van der Waals surface area contributed by atoms with Crippen LogP contribution in [-0.4, -0.2) is 45.3 Å². The minimum absolute atomic E-state index is 0.110. The molecular weight excluding hydrogens is 358 g/mol. The van der Waals surface area contributed by atoms with Crippen molar-refractivity contribution in [2.45, 2.75) is 71.4 Å². The first-order valence-corrected chi connectivity index (χ1v) is 10.6. The molecule has 1 aliphatic heterocycles. The molecule has 8 heteroatoms. The first kappa shape index (κ1) is 19.8. The Hall–Kier alpha value is -1.96. The highest BCUT2D eigenvalue weighted by molar-refractivity contribution is 7.09. The molecule has 0 radical (unpaired) electrons. The highest BCUT2D eigenvalue weighted by Crippen LogP contribution is 2.23. The summed E-state index contributed by atoms with van der Waals surface area (Å²) < 4.78 is 2.04. The van der Waals surface area contributed by atoms with Crippen molar-refractivity contribution in [1.29, 1.82) is 0 Å². The molecule has 3 rings (SSSR count). The maximum absolute atomic E-state index is 4.75. The zero-order valence-electron chi connectivity index (χ0n) is 17.0. The van der Waals surface area contributed by atoms with Crippen LogP contribution in [0.2, 0.25) is 0 Å². The van der Waals surface area contributed by atoms with E-state index in [2.05, 4.69) is 58.8 Å². The average molecular weight is 390 g/mol. The minimum atomic E-state index is 0.110. The second-order valence-electron chi connectivity index (χ2n) is 7.99. The van der Waals surface area contributed by atoms with E-state index in [0.717, 1.165) is 56.4 Å². The van der Waals surface area contributed by atoms with Crippen LogP contribution < -0.4 is 10.6 Å². The van der Waals surface area contributed by atoms with Crippen molar-refractivity contribution in [3.05, 3.63) is 27.7 Å². The van der Waals surface area contributed by atoms with Gasteiger partial charge in [-0.05, 0) is 6.42 Å². The van der Waals surface area contributed by atoms with E-state index in [-0.39, 0.29) is 5.41 Å². The lowest BCUT2D eigenvalue weighted by Crippen LogP contribution is -2.47. The summed E-state index contributed by atoms with van der Waals surface area (Å²) in [6.07, 6.45) is 3.79. The molecule has 148 valence electrons. The standard InChI is InChI=1S/C19H31N7S/c1-6-15-24-16-8-7-13(11-26(16)25-15)22-18(20-5)21-10-9-17-23-14(12-27-17)19(2,3)4/h12-13H,6-11H2,1-5H3,(H2,20,21,22). The minimum Gasteiger partial charge on any atom is -0.356 e. The van der Waals surface area contributed by atoms with E-state index in [1.807, 2.05) is 11.7 Å². The van der Waals surface area contributed by atoms with Crippen molar-refractivity contribution in [3.63, 3.8) is 0 Å². The number of rotatable bonds is 5. The fourth-order valence-electron chi connectivity index (χ4n) is 3.07. The lowest BCUT2D eigenvalue weighted by atomic mass is 9.93. The highest BCUT2D eigenvalue weighted by atomic mass is 32.1. The average Bonchev–Trinajstić information content (AvgIpc) is 3.26. The van der Waals surface area contributed by atoms with Crippen LogP contribution in [0, 0.1) is 0 Å². The van der Waals surface area contributed by atoms with Crippen LogP contribution in [-0.2, 0) is 31.2 Å². The molecule has 0 fully saturated rings. The molecule has 2 aromatic rings. The van der Waals surface area contributed by atoms with Crippen molar-refractivity contribution < 1.29 is 0 Å². The Bertz CT molecular complexity index is 784. The fourth-order valence-corrected chi connectivity index (χ4v) is 4.10. The van der Waals surface area contributed by atoms with Gasteiger partial charge in [-0.25, -0.2) is 14.6 Å². The normalized spacial score (nSPS) is 17.7. The molecule has 1 atom stereocenters. The molecule has 0 saturated heterocycles. The van der Waals surface area contributed by atoms with Gasteiger partial charge in [-0.2, -0.15) is 5.10 Å². The number of aryl methyl sites for hydroxylation is 2. The van der Waals surface area contributed by atoms with E-state index in [1.165, 1.54) is 10.7 Å². The third-order valence-electron chi connectivity index (χ3n) is 4.73. The SMILES string of the molecule is CCc1nc2n(n1)CC(NC(=NC)NCCc1nc(C(C)(C)C)cs1)CC2. The number of guanidine groups is 1. The van der Waals surface area contributed by atoms with Gasteiger partial charge in [0, 0.05) is 49.7 Å². The van der Waals surface area contributed by atoms with Crippen LogP contribution in [0.3, 0.4) is 0 Å². The van der Waals surface area contributed by atoms with Gasteiger partial charge in [0.2, 0.25) is 0 Å². The van der Waals surface area contributed by atoms with Crippen molar-refractivity contribution >= 4 is 17.3 Å². The van der Waals surface area contributed by atoms with Crippen molar-refractivity contribution in [1.82, 2.24) is 30.4 Å². The smallest absolute Gasteiger partial charge is 0.191 e. The van der Waals surface area contributed by atoms with E-state index < -0.39 is 0 Å². The lowest BCUT2D eigenvalue weighted by molar-refractivity contribution is 0.392. The summed E-state index contributed by atoms with van der Waals surface area (Å²) in [5.41, 5.74) is 1.28. The Morgan fingerprint density at radius 3 is 2.85 bits per heavy atom. The predicted octanol–water partition coefficient (Wildman–Crippen LogP) is 2.32. The number of nitrogens with one attached hydrogen (secondary N) is 2. The third-order valence-corrected chi connectivity index (χ3v) is 5.64. The highest BCUT2D eigenvalue weighted by Gasteiger charge is 2.22. The number of nitrogens with zero attached hydrogens (tertiary/aromatic N) is 5. The summed E-state index contributed by atoms with van der Waals surface area (Å²) in [6, 6.07) is 0.322. The van der Waals surface area contributed by atoms with Gasteiger partial charge >= 0.3 is 0 Å². The number of hydrogen-bond acceptors (Lipinski definition) is 5. The number of fused-ring (bicyclic) bond motifs is 1. The third kappa shape index (κ3) is 5.06. The Kier molecular flexibility index (Phi) is 6.14. The van der Waals surface area contributed by atoms with Gasteiger partial charge in [0.25, 0.3) is 0 Å². The zero-order valence-corrected chi connectivity index (χ0v) is 17.9. The fraction of sp³-hybridized carbons (Fsp3) is 0.684. The summed E-state index contributed by atoms with van der Waals surface area (Å²) in [5.74, 6) is 2.88. The Morgan fingerprint density at radius 1 is 1.37 bits per heavy atom. The molecule has 2 N–H and O–H groups in total. The molecule has 0 aliphatic carbocycles. The molecule has 1 unspecified atom stereocenters. The van der Waals surface area contributed by atoms with Crippen molar-refractivity contribution in [2.75, 3.05) is 13.6 Å². The van der Waals surface area contributed by atoms with E-state index in [4.69, 9.17) is 4.98 Å². The van der Waals surface area contributed by atoms with E-state index in [0.29, 0.717) is 6.04 Å². The maximum atomic E-state index is 4.75. The van der Waals surface area contributed by atoms with Gasteiger partial charge < -0.3 is 10.6 Å². The molecule has 0 aromatic carbocycles. The molecule has 2 aromatic heterocycles. The summed E-state index contributed by atoms with van der Waals surface area (Å²) in [4.78, 5) is 13.7. The Morgan fingerprint density at radius 2 is 2.19 bits per heavy atom. The number of hydrogen-bond donors (Lipinski definition) is 2. The number of aromatic nitrogens is 4. The lowest BCUT2D eigenvalue weighted by Gasteiger charge is -2.25. The van der Waals surface area contributed by atoms with Crippen molar-refractivity contribution in [3.8, 4) is 0 Å². The molecule has 27 heavy (non-hydrogen) atoms. The van der Waals surface area contributed by atoms with E-state index in [1.54, 1.807) is 11.3 Å². The van der Waals surface area contributed by atoms with Crippen LogP contribution >= 0.6 is 11.3 Å². The molecular formula is C19H31N7S. The topological polar surface area (TPSA) is 80.0 Å². The van der Waals surface area contributed by atoms with Gasteiger partial charge in [0.1, 0.15) is 5.82 Å². The van der Waals surface area contributed by atoms with Crippen LogP contribution in [0.15, 0.2) is 10.4 Å². The maximum Gasteiger partial charge on any atom is 0.191 e. The van der Waals surface area contributed by atoms with Crippen LogP contribution in [0.1, 0.15) is 56.5 Å². The van der Waals surface area contributed by atoms with Crippen LogP contribution in [0.4, 0.5) is 0 Å². The summed E-state index contributed by atoms with van der Waals surface area (Å²) in [7, 11) is 1.81. The molecule has 0 saturated carbocycles. The first-order valence-electron chi connectivity index (χ1n) is 9.73. The Balaban J connectivity index is 1.48. The molecule has 0 bridgehead atoms. The van der Waals surface area contributed by atoms with Crippen LogP contribution in [0.5, 0.6) is 0 Å². The van der Waals surface area contributed by atoms with Gasteiger partial charge in [-0.3, -0.25) is 4.99 Å². The summed E-state index contributed by atoms with van der Waals surface area (Å²) in [5, 5.41) is 14.8. The largest absolute Gasteiger partial charge is 0.356 e. The van der Waals surface area contributed by atoms with Crippen molar-refractivity contribution in [2.24, 2.45) is 4.99 Å². The summed E-state index contributed by atoms with van der Waals surface area (Å²) >= 11 is 1.74. The zero-order chi connectivity index (χ0) is 19.4. The molecule has 0 amide bonds. The van der Waals surface area contributed by atoms with E-state index >= 15 is 0 Å². The molecule has 0 spiro atoms. The summed E-state index contributed by atoms with van der Waals surface area (Å²) in [6.45, 7) is 10.3. The molecule has 1 aliphatic rings. The second-order valence-corrected chi connectivity index (χ2v) is 8.93. The van der Waals surface area contributed by atoms with E-state index in [9.17, 15) is 0 Å². The molecule has 3 heterocycles. The van der Waals surface area contributed by atoms with Gasteiger partial charge in [0.15, 0.2) is 11.8 Å².